The number of anilines is 6. The maximum atomic E-state index is 11.9. The van der Waals surface area contributed by atoms with E-state index in [2.05, 4.69) is 208 Å². The van der Waals surface area contributed by atoms with Crippen LogP contribution in [0.25, 0.3) is 132 Å². The Balaban J connectivity index is 0.996. The fourth-order valence-corrected chi connectivity index (χ4v) is 18.2. The molecule has 0 amide bonds. The van der Waals surface area contributed by atoms with E-state index in [-0.39, 0.29) is 76.8 Å². The van der Waals surface area contributed by atoms with E-state index in [1.807, 2.05) is 107 Å². The van der Waals surface area contributed by atoms with Gasteiger partial charge < -0.3 is 28.1 Å². The van der Waals surface area contributed by atoms with Crippen molar-refractivity contribution in [3.05, 3.63) is 342 Å². The zero-order valence-corrected chi connectivity index (χ0v) is 66.9. The number of fused-ring (bicyclic) bond motifs is 16. The summed E-state index contributed by atoms with van der Waals surface area (Å²) in [7, 11) is 0. The van der Waals surface area contributed by atoms with E-state index in [4.69, 9.17) is 0 Å². The molecule has 0 N–H and O–H groups in total. The molecule has 0 aliphatic carbocycles. The highest BCUT2D eigenvalue weighted by molar-refractivity contribution is 7.00. The summed E-state index contributed by atoms with van der Waals surface area (Å²) in [5.74, 6) is 0. The molecule has 4 aromatic heterocycles. The molecule has 19 aromatic rings. The summed E-state index contributed by atoms with van der Waals surface area (Å²) in [6, 6.07) is 67.2. The zero-order chi connectivity index (χ0) is 94.0. The van der Waals surface area contributed by atoms with Crippen molar-refractivity contribution in [3.63, 3.8) is 0 Å². The van der Waals surface area contributed by atoms with Gasteiger partial charge in [0.2, 0.25) is 0 Å². The maximum Gasteiger partial charge on any atom is 0.252 e. The van der Waals surface area contributed by atoms with Crippen LogP contribution < -0.4 is 26.2 Å². The molecule has 0 saturated heterocycles. The van der Waals surface area contributed by atoms with Crippen LogP contribution >= 0.6 is 0 Å². The van der Waals surface area contributed by atoms with Gasteiger partial charge in [0.1, 0.15) is 6.07 Å². The van der Waals surface area contributed by atoms with Crippen LogP contribution in [0.1, 0.15) is 138 Å². The van der Waals surface area contributed by atoms with Crippen molar-refractivity contribution < 1.29 is 21.9 Å². The van der Waals surface area contributed by atoms with Gasteiger partial charge in [-0.25, -0.2) is 0 Å². The molecular weight excluding hydrogens is 1420 g/mol. The molecule has 0 spiro atoms. The third-order valence-corrected chi connectivity index (χ3v) is 24.1. The lowest BCUT2D eigenvalue weighted by atomic mass is 9.33. The molecule has 117 heavy (non-hydrogen) atoms. The normalized spacial score (nSPS) is 15.0. The Kier molecular flexibility index (Phi) is 12.3. The number of hydrogen-bond acceptors (Lipinski definition) is 4. The van der Waals surface area contributed by atoms with Gasteiger partial charge in [-0.15, -0.1) is 0 Å². The Morgan fingerprint density at radius 3 is 1.09 bits per heavy atom. The first-order chi connectivity index (χ1) is 63.1. The van der Waals surface area contributed by atoms with Gasteiger partial charge in [-0.2, -0.15) is 10.5 Å². The van der Waals surface area contributed by atoms with Crippen LogP contribution in [-0.4, -0.2) is 25.0 Å². The minimum atomic E-state index is -0.891. The molecule has 6 heterocycles. The topological polar surface area (TPSA) is 73.8 Å². The van der Waals surface area contributed by atoms with Gasteiger partial charge in [0.25, 0.3) is 6.71 Å². The number of nitrogens with zero attached hydrogens (tertiary/aromatic N) is 8. The van der Waals surface area contributed by atoms with Gasteiger partial charge in [-0.05, 0) is 217 Å². The standard InChI is InChI=1S/C108H87BN8/c1-105(2,3)70-41-50-94-86(55-70)87-56-71(106(4,5)6)42-51-95(87)113(94)76-46-48-89-100(61-76)117(104-82(67-27-15-13-16-28-67)57-73(108(10,11)12)58-83(104)68-29-17-14-18-30-68)102-63-77(115-92-37-25-21-33-80(92)81-34-22-26-38-93(81)115)62-101-103(102)109(89)88-47-45-75(112-90-35-23-19-31-78(90)79-32-20-24-36-91(79)112)60-99(88)114(101)74-44-40-69(65-111)98(59-74)116-96-49-39-66(64-110)53-84(96)85-54-72(107(7,8)9)43-52-97(85)116/h13-63H,1-12H3/i19D,20D,21D,22D,23D,24D,25D,26D,31D,32D,33D,34D,35D,36D,37D,38D. The summed E-state index contributed by atoms with van der Waals surface area (Å²) >= 11 is 0. The predicted octanol–water partition coefficient (Wildman–Crippen LogP) is 26.4. The SMILES string of the molecule is [2H]c1c([2H])c([2H])c2c(c1[2H])c1c([2H])c([2H])c([2H])c([2H])c1n2-c1ccc2c(c1)N(c1ccc(C#N)c(-n3c4ccc(C#N)cc4c4cc(C(C)(C)C)ccc43)c1)c1cc(-n3c4c([2H])c([2H])c([2H])c([2H])c4c4c([2H])c([2H])c([2H])c([2H])c43)cc3c1B2c1ccc(-n2c4ccc(C(C)(C)C)cc4c4cc(C(C)(C)C)ccc42)cc1N3c1c(-c2ccccc2)cc(C(C)(C)C)cc1-c1ccccc1. The van der Waals surface area contributed by atoms with Crippen LogP contribution in [0.2, 0.25) is 0 Å². The molecule has 0 radical (unpaired) electrons. The Hall–Kier alpha value is -13.9. The lowest BCUT2D eigenvalue weighted by molar-refractivity contribution is 0.590. The molecule has 15 aromatic carbocycles. The Morgan fingerprint density at radius 2 is 0.658 bits per heavy atom. The lowest BCUT2D eigenvalue weighted by Gasteiger charge is -2.45. The highest BCUT2D eigenvalue weighted by Crippen LogP contribution is 2.54. The molecule has 0 atom stereocenters. The fraction of sp³-hybridized carbons (Fsp3) is 0.148. The molecule has 2 aliphatic rings. The van der Waals surface area contributed by atoms with Crippen LogP contribution in [0.15, 0.2) is 309 Å². The van der Waals surface area contributed by atoms with Crippen molar-refractivity contribution >= 4 is 144 Å². The van der Waals surface area contributed by atoms with Crippen molar-refractivity contribution in [2.45, 2.75) is 105 Å². The van der Waals surface area contributed by atoms with Crippen molar-refractivity contribution in [2.75, 3.05) is 9.80 Å². The summed E-state index contributed by atoms with van der Waals surface area (Å²) in [4.78, 5) is 4.32. The molecule has 0 fully saturated rings. The van der Waals surface area contributed by atoms with E-state index in [1.165, 1.54) is 9.13 Å². The Labute approximate surface area is 705 Å². The Bertz CT molecular complexity index is 8270. The second-order valence-corrected chi connectivity index (χ2v) is 35.2. The molecule has 0 saturated carbocycles. The van der Waals surface area contributed by atoms with Crippen LogP contribution in [0, 0.1) is 22.7 Å². The van der Waals surface area contributed by atoms with Crippen molar-refractivity contribution in [1.82, 2.24) is 18.3 Å². The first-order valence-corrected chi connectivity index (χ1v) is 39.6. The number of hydrogen-bond donors (Lipinski definition) is 0. The third kappa shape index (κ3) is 11.0. The molecule has 0 bridgehead atoms. The largest absolute Gasteiger partial charge is 0.311 e. The van der Waals surface area contributed by atoms with E-state index >= 15 is 0 Å². The van der Waals surface area contributed by atoms with E-state index in [0.717, 1.165) is 88.2 Å². The second kappa shape index (κ2) is 25.8. The highest BCUT2D eigenvalue weighted by atomic mass is 15.2. The number of aromatic nitrogens is 4. The van der Waals surface area contributed by atoms with E-state index in [9.17, 15) is 32.5 Å². The van der Waals surface area contributed by atoms with Crippen LogP contribution in [-0.2, 0) is 21.7 Å². The zero-order valence-electron chi connectivity index (χ0n) is 82.9. The van der Waals surface area contributed by atoms with Gasteiger partial charge in [0.15, 0.2) is 0 Å². The van der Waals surface area contributed by atoms with E-state index < -0.39 is 109 Å². The van der Waals surface area contributed by atoms with Gasteiger partial charge in [0.05, 0.1) is 100 Å². The Morgan fingerprint density at radius 1 is 0.291 bits per heavy atom. The minimum Gasteiger partial charge on any atom is -0.311 e. The monoisotopic (exact) mass is 1520 g/mol. The second-order valence-electron chi connectivity index (χ2n) is 35.2. The average Bonchev–Trinajstić information content (AvgIpc) is 1.39. The van der Waals surface area contributed by atoms with E-state index in [1.54, 1.807) is 12.1 Å². The molecular formula is C108H87BN8. The van der Waals surface area contributed by atoms with Crippen LogP contribution in [0.3, 0.4) is 0 Å². The molecule has 9 heteroatoms. The van der Waals surface area contributed by atoms with Crippen LogP contribution in [0.4, 0.5) is 34.1 Å². The third-order valence-electron chi connectivity index (χ3n) is 24.1. The molecule has 0 unspecified atom stereocenters. The first kappa shape index (κ1) is 55.6. The van der Waals surface area contributed by atoms with Crippen LogP contribution in [0.5, 0.6) is 0 Å². The fourth-order valence-electron chi connectivity index (χ4n) is 18.2. The summed E-state index contributed by atoms with van der Waals surface area (Å²) < 4.78 is 162. The molecule has 2 aliphatic heterocycles. The maximum absolute atomic E-state index is 11.9. The summed E-state index contributed by atoms with van der Waals surface area (Å²) in [5.41, 5.74) is 16.2. The lowest BCUT2D eigenvalue weighted by Crippen LogP contribution is -2.61. The molecule has 21 rings (SSSR count). The summed E-state index contributed by atoms with van der Waals surface area (Å²) in [6.07, 6.45) is 0. The highest BCUT2D eigenvalue weighted by Gasteiger charge is 2.46. The van der Waals surface area contributed by atoms with Gasteiger partial charge >= 0.3 is 0 Å². The van der Waals surface area contributed by atoms with Crippen molar-refractivity contribution in [2.24, 2.45) is 0 Å². The first-order valence-electron chi connectivity index (χ1n) is 47.6. The van der Waals surface area contributed by atoms with Crippen molar-refractivity contribution in [1.29, 1.82) is 10.5 Å². The van der Waals surface area contributed by atoms with Gasteiger partial charge in [-0.1, -0.05) is 247 Å². The summed E-state index contributed by atoms with van der Waals surface area (Å²) in [5, 5.41) is 25.6. The van der Waals surface area contributed by atoms with Crippen molar-refractivity contribution in [3.8, 4) is 57.1 Å². The average molecular weight is 1520 g/mol. The number of nitriles is 2. The number of para-hydroxylation sites is 4. The quantitative estimate of drug-likeness (QED) is 0.142. The predicted molar refractivity (Wildman–Crippen MR) is 493 cm³/mol. The number of rotatable bonds is 8. The van der Waals surface area contributed by atoms with Gasteiger partial charge in [-0.3, -0.25) is 0 Å². The smallest absolute Gasteiger partial charge is 0.252 e. The minimum absolute atomic E-state index is 0.136. The van der Waals surface area contributed by atoms with Gasteiger partial charge in [0, 0.05) is 94.0 Å². The van der Waals surface area contributed by atoms with E-state index in [0.29, 0.717) is 67.3 Å². The summed E-state index contributed by atoms with van der Waals surface area (Å²) in [6.45, 7) is 25.3. The molecule has 8 nitrogen and oxygen atoms in total. The number of benzene rings is 15. The molecule has 562 valence electrons.